The molecule has 2 N–H and O–H groups in total. The van der Waals surface area contributed by atoms with Crippen molar-refractivity contribution in [1.82, 2.24) is 0 Å². The molecule has 0 aliphatic rings. The second-order valence-electron chi connectivity index (χ2n) is 4.21. The van der Waals surface area contributed by atoms with E-state index < -0.39 is 0 Å². The van der Waals surface area contributed by atoms with Crippen LogP contribution in [0.25, 0.3) is 6.08 Å². The Hall–Kier alpha value is -1.57. The molecule has 1 nitrogen and oxygen atoms in total. The predicted molar refractivity (Wildman–Crippen MR) is 78.5 cm³/mol. The van der Waals surface area contributed by atoms with Crippen molar-refractivity contribution in [2.45, 2.75) is 12.5 Å². The normalized spacial score (nSPS) is 12.8. The number of benzene rings is 2. The van der Waals surface area contributed by atoms with Gasteiger partial charge in [0.25, 0.3) is 0 Å². The van der Waals surface area contributed by atoms with E-state index in [1.807, 2.05) is 42.5 Å². The summed E-state index contributed by atoms with van der Waals surface area (Å²) < 4.78 is 0. The summed E-state index contributed by atoms with van der Waals surface area (Å²) in [6.07, 6.45) is 5.01. The second kappa shape index (κ2) is 6.39. The van der Waals surface area contributed by atoms with Crippen molar-refractivity contribution in [1.29, 1.82) is 0 Å². The number of hydrogen-bond donors (Lipinski definition) is 1. The maximum atomic E-state index is 6.11. The molecular weight excluding hydrogens is 242 g/mol. The van der Waals surface area contributed by atoms with Crippen LogP contribution in [0.2, 0.25) is 5.02 Å². The number of hydrogen-bond acceptors (Lipinski definition) is 1. The molecule has 92 valence electrons. The average Bonchev–Trinajstić information content (AvgIpc) is 2.40. The highest BCUT2D eigenvalue weighted by molar-refractivity contribution is 6.30. The fourth-order valence-corrected chi connectivity index (χ4v) is 1.89. The van der Waals surface area contributed by atoms with Gasteiger partial charge in [0.05, 0.1) is 0 Å². The highest BCUT2D eigenvalue weighted by Gasteiger charge is 2.02. The van der Waals surface area contributed by atoms with E-state index >= 15 is 0 Å². The third-order valence-corrected chi connectivity index (χ3v) is 3.05. The maximum absolute atomic E-state index is 6.11. The predicted octanol–water partition coefficient (Wildman–Crippen LogP) is 4.44. The van der Waals surface area contributed by atoms with Gasteiger partial charge >= 0.3 is 0 Å². The third-order valence-electron chi connectivity index (χ3n) is 2.80. The van der Waals surface area contributed by atoms with Crippen LogP contribution in [0.3, 0.4) is 0 Å². The van der Waals surface area contributed by atoms with Gasteiger partial charge in [0.15, 0.2) is 0 Å². The summed E-state index contributed by atoms with van der Waals surface area (Å²) in [5.74, 6) is 0. The summed E-state index contributed by atoms with van der Waals surface area (Å²) in [7, 11) is 0. The first-order chi connectivity index (χ1) is 8.75. The van der Waals surface area contributed by atoms with Crippen LogP contribution in [0, 0.1) is 0 Å². The largest absolute Gasteiger partial charge is 0.324 e. The molecule has 18 heavy (non-hydrogen) atoms. The van der Waals surface area contributed by atoms with Crippen LogP contribution in [-0.4, -0.2) is 0 Å². The van der Waals surface area contributed by atoms with E-state index in [9.17, 15) is 0 Å². The quantitative estimate of drug-likeness (QED) is 0.861. The Morgan fingerprint density at radius 1 is 1.00 bits per heavy atom. The van der Waals surface area contributed by atoms with Gasteiger partial charge in [0.2, 0.25) is 0 Å². The topological polar surface area (TPSA) is 26.0 Å². The summed E-state index contributed by atoms with van der Waals surface area (Å²) in [5, 5.41) is 0.741. The molecule has 0 aliphatic heterocycles. The average molecular weight is 258 g/mol. The fourth-order valence-electron chi connectivity index (χ4n) is 1.76. The minimum absolute atomic E-state index is 0.0160. The minimum Gasteiger partial charge on any atom is -0.324 e. The van der Waals surface area contributed by atoms with Gasteiger partial charge in [-0.3, -0.25) is 0 Å². The molecule has 2 aromatic carbocycles. The zero-order chi connectivity index (χ0) is 12.8. The molecule has 0 fully saturated rings. The lowest BCUT2D eigenvalue weighted by Gasteiger charge is -2.09. The Morgan fingerprint density at radius 2 is 1.67 bits per heavy atom. The van der Waals surface area contributed by atoms with Gasteiger partial charge in [-0.05, 0) is 29.7 Å². The molecule has 0 radical (unpaired) electrons. The van der Waals surface area contributed by atoms with E-state index in [1.54, 1.807) is 0 Å². The van der Waals surface area contributed by atoms with Crippen LogP contribution in [0.4, 0.5) is 0 Å². The molecule has 0 unspecified atom stereocenters. The fraction of sp³-hybridized carbons (Fsp3) is 0.125. The van der Waals surface area contributed by atoms with Gasteiger partial charge in [0.1, 0.15) is 0 Å². The third kappa shape index (κ3) is 3.73. The lowest BCUT2D eigenvalue weighted by Crippen LogP contribution is -2.08. The first-order valence-electron chi connectivity index (χ1n) is 5.98. The lowest BCUT2D eigenvalue weighted by molar-refractivity contribution is 0.742. The summed E-state index contributed by atoms with van der Waals surface area (Å²) in [6, 6.07) is 17.9. The van der Waals surface area contributed by atoms with Crippen molar-refractivity contribution >= 4 is 17.7 Å². The smallest absolute Gasteiger partial charge is 0.0406 e. The Balaban J connectivity index is 1.94. The number of nitrogens with two attached hydrogens (primary N) is 1. The van der Waals surface area contributed by atoms with Crippen LogP contribution >= 0.6 is 11.6 Å². The molecule has 0 amide bonds. The van der Waals surface area contributed by atoms with Crippen molar-refractivity contribution in [3.05, 3.63) is 76.8 Å². The van der Waals surface area contributed by atoms with Crippen molar-refractivity contribution in [2.24, 2.45) is 5.73 Å². The molecule has 0 bridgehead atoms. The van der Waals surface area contributed by atoms with Crippen LogP contribution < -0.4 is 5.73 Å². The van der Waals surface area contributed by atoms with E-state index in [4.69, 9.17) is 17.3 Å². The summed E-state index contributed by atoms with van der Waals surface area (Å²) in [6.45, 7) is 0. The van der Waals surface area contributed by atoms with Gasteiger partial charge in [-0.1, -0.05) is 66.2 Å². The molecule has 0 heterocycles. The van der Waals surface area contributed by atoms with Crippen molar-refractivity contribution < 1.29 is 0 Å². The number of halogens is 1. The van der Waals surface area contributed by atoms with Crippen molar-refractivity contribution in [3.8, 4) is 0 Å². The van der Waals surface area contributed by atoms with Gasteiger partial charge in [-0.25, -0.2) is 0 Å². The molecule has 1 atom stereocenters. The van der Waals surface area contributed by atoms with Crippen LogP contribution in [-0.2, 0) is 0 Å². The molecule has 0 aliphatic carbocycles. The Morgan fingerprint density at radius 3 is 2.33 bits per heavy atom. The standard InChI is InChI=1S/C16H16ClN/c17-15-11-9-14(10-12-15)16(18)8-4-7-13-5-2-1-3-6-13/h1-7,9-12,16H,8,18H2/b7-4+/t16-/m0/s1. The van der Waals surface area contributed by atoms with Crippen molar-refractivity contribution in [2.75, 3.05) is 0 Å². The van der Waals surface area contributed by atoms with Crippen LogP contribution in [0.15, 0.2) is 60.7 Å². The zero-order valence-corrected chi connectivity index (χ0v) is 10.8. The van der Waals surface area contributed by atoms with Crippen LogP contribution in [0.1, 0.15) is 23.6 Å². The Labute approximate surface area is 113 Å². The monoisotopic (exact) mass is 257 g/mol. The van der Waals surface area contributed by atoms with Gasteiger partial charge in [-0.2, -0.15) is 0 Å². The molecular formula is C16H16ClN. The molecule has 0 spiro atoms. The Kier molecular flexibility index (Phi) is 4.57. The highest BCUT2D eigenvalue weighted by atomic mass is 35.5. The molecule has 0 saturated heterocycles. The van der Waals surface area contributed by atoms with E-state index in [-0.39, 0.29) is 6.04 Å². The van der Waals surface area contributed by atoms with E-state index in [1.165, 1.54) is 5.56 Å². The first-order valence-corrected chi connectivity index (χ1v) is 6.36. The van der Waals surface area contributed by atoms with Gasteiger partial charge in [-0.15, -0.1) is 0 Å². The maximum Gasteiger partial charge on any atom is 0.0406 e. The van der Waals surface area contributed by atoms with Crippen LogP contribution in [0.5, 0.6) is 0 Å². The van der Waals surface area contributed by atoms with Gasteiger partial charge in [0, 0.05) is 11.1 Å². The second-order valence-corrected chi connectivity index (χ2v) is 4.64. The molecule has 2 heteroatoms. The SMILES string of the molecule is N[C@@H](C/C=C/c1ccccc1)c1ccc(Cl)cc1. The zero-order valence-electron chi connectivity index (χ0n) is 10.1. The van der Waals surface area contributed by atoms with E-state index in [0.29, 0.717) is 0 Å². The molecule has 2 rings (SSSR count). The van der Waals surface area contributed by atoms with Crippen molar-refractivity contribution in [3.63, 3.8) is 0 Å². The summed E-state index contributed by atoms with van der Waals surface area (Å²) >= 11 is 5.85. The lowest BCUT2D eigenvalue weighted by atomic mass is 10.0. The summed E-state index contributed by atoms with van der Waals surface area (Å²) in [5.41, 5.74) is 8.42. The Bertz CT molecular complexity index is 502. The molecule has 0 aromatic heterocycles. The highest BCUT2D eigenvalue weighted by Crippen LogP contribution is 2.18. The van der Waals surface area contributed by atoms with E-state index in [2.05, 4.69) is 24.3 Å². The molecule has 2 aromatic rings. The summed E-state index contributed by atoms with van der Waals surface area (Å²) in [4.78, 5) is 0. The van der Waals surface area contributed by atoms with Gasteiger partial charge < -0.3 is 5.73 Å². The first kappa shape index (κ1) is 12.9. The minimum atomic E-state index is 0.0160. The van der Waals surface area contributed by atoms with E-state index in [0.717, 1.165) is 17.0 Å². The molecule has 0 saturated carbocycles. The number of rotatable bonds is 4.